The van der Waals surface area contributed by atoms with Crippen molar-refractivity contribution in [3.63, 3.8) is 0 Å². The summed E-state index contributed by atoms with van der Waals surface area (Å²) < 4.78 is 10.8. The Kier molecular flexibility index (Phi) is 6.19. The van der Waals surface area contributed by atoms with Crippen LogP contribution in [0.25, 0.3) is 0 Å². The Morgan fingerprint density at radius 2 is 1.78 bits per heavy atom. The van der Waals surface area contributed by atoms with Crippen molar-refractivity contribution >= 4 is 17.3 Å². The van der Waals surface area contributed by atoms with E-state index < -0.39 is 0 Å². The Hall–Kier alpha value is -2.73. The highest BCUT2D eigenvalue weighted by molar-refractivity contribution is 5.92. The van der Waals surface area contributed by atoms with Gasteiger partial charge in [0.2, 0.25) is 0 Å². The van der Waals surface area contributed by atoms with E-state index in [4.69, 9.17) is 9.47 Å². The summed E-state index contributed by atoms with van der Waals surface area (Å²) in [5.74, 6) is 0.964. The number of nitrogens with zero attached hydrogens (tertiary/aromatic N) is 2. The van der Waals surface area contributed by atoms with Crippen molar-refractivity contribution in [3.8, 4) is 11.5 Å². The molecule has 3 rings (SSSR count). The smallest absolute Gasteiger partial charge is 0.262 e. The van der Waals surface area contributed by atoms with Crippen molar-refractivity contribution in [2.45, 2.75) is 6.92 Å². The van der Waals surface area contributed by atoms with E-state index >= 15 is 0 Å². The second-order valence-electron chi connectivity index (χ2n) is 6.78. The summed E-state index contributed by atoms with van der Waals surface area (Å²) in [5.41, 5.74) is 3.04. The number of benzene rings is 2. The summed E-state index contributed by atoms with van der Waals surface area (Å²) in [7, 11) is 3.72. The molecule has 1 N–H and O–H groups in total. The van der Waals surface area contributed by atoms with Gasteiger partial charge < -0.3 is 24.6 Å². The van der Waals surface area contributed by atoms with Gasteiger partial charge in [-0.25, -0.2) is 0 Å². The number of ether oxygens (including phenoxy) is 2. The summed E-state index contributed by atoms with van der Waals surface area (Å²) in [6.07, 6.45) is 0. The molecule has 0 aliphatic carbocycles. The van der Waals surface area contributed by atoms with Crippen LogP contribution < -0.4 is 19.7 Å². The van der Waals surface area contributed by atoms with Gasteiger partial charge in [-0.05, 0) is 49.9 Å². The third-order valence-electron chi connectivity index (χ3n) is 4.78. The highest BCUT2D eigenvalue weighted by Gasteiger charge is 2.15. The SMILES string of the molecule is COc1ccccc1OCC(=O)Nc1ccc(N2CCN(C)CC2)cc1C. The van der Waals surface area contributed by atoms with Crippen LogP contribution in [0.15, 0.2) is 42.5 Å². The molecule has 2 aromatic rings. The lowest BCUT2D eigenvalue weighted by Gasteiger charge is -2.34. The number of rotatable bonds is 6. The fourth-order valence-corrected chi connectivity index (χ4v) is 3.12. The maximum atomic E-state index is 12.3. The van der Waals surface area contributed by atoms with E-state index in [-0.39, 0.29) is 12.5 Å². The molecule has 1 saturated heterocycles. The van der Waals surface area contributed by atoms with Gasteiger partial charge in [0.25, 0.3) is 5.91 Å². The van der Waals surface area contributed by atoms with E-state index in [2.05, 4.69) is 34.3 Å². The summed E-state index contributed by atoms with van der Waals surface area (Å²) in [6.45, 7) is 6.12. The van der Waals surface area contributed by atoms with Gasteiger partial charge in [-0.15, -0.1) is 0 Å². The van der Waals surface area contributed by atoms with E-state index in [0.717, 1.165) is 37.4 Å². The van der Waals surface area contributed by atoms with Gasteiger partial charge in [0.1, 0.15) is 0 Å². The van der Waals surface area contributed by atoms with Crippen LogP contribution in [0.4, 0.5) is 11.4 Å². The van der Waals surface area contributed by atoms with E-state index in [1.54, 1.807) is 19.2 Å². The number of likely N-dealkylation sites (N-methyl/N-ethyl adjacent to an activating group) is 1. The normalized spacial score (nSPS) is 14.7. The largest absolute Gasteiger partial charge is 0.493 e. The summed E-state index contributed by atoms with van der Waals surface area (Å²) in [4.78, 5) is 17.0. The molecule has 0 spiro atoms. The first-order chi connectivity index (χ1) is 13.1. The average Bonchev–Trinajstić information content (AvgIpc) is 2.69. The van der Waals surface area contributed by atoms with E-state index in [9.17, 15) is 4.79 Å². The van der Waals surface area contributed by atoms with Crippen LogP contribution in [0.1, 0.15) is 5.56 Å². The number of carbonyl (C=O) groups excluding carboxylic acids is 1. The Morgan fingerprint density at radius 1 is 1.07 bits per heavy atom. The highest BCUT2D eigenvalue weighted by atomic mass is 16.5. The van der Waals surface area contributed by atoms with Crippen LogP contribution >= 0.6 is 0 Å². The number of para-hydroxylation sites is 2. The van der Waals surface area contributed by atoms with Crippen LogP contribution in [0.2, 0.25) is 0 Å². The molecule has 6 heteroatoms. The molecule has 1 fully saturated rings. The molecule has 0 aromatic heterocycles. The standard InChI is InChI=1S/C21H27N3O3/c1-16-14-17(24-12-10-23(2)11-13-24)8-9-18(16)22-21(25)15-27-20-7-5-4-6-19(20)26-3/h4-9,14H,10-13,15H2,1-3H3,(H,22,25). The van der Waals surface area contributed by atoms with Crippen LogP contribution in [0.3, 0.4) is 0 Å². The number of piperazine rings is 1. The Labute approximate surface area is 160 Å². The van der Waals surface area contributed by atoms with Crippen molar-refractivity contribution in [3.05, 3.63) is 48.0 Å². The molecule has 1 amide bonds. The molecule has 0 radical (unpaired) electrons. The van der Waals surface area contributed by atoms with E-state index in [1.165, 1.54) is 5.69 Å². The molecule has 144 valence electrons. The first kappa shape index (κ1) is 19.0. The van der Waals surface area contributed by atoms with Gasteiger partial charge in [-0.2, -0.15) is 0 Å². The summed E-state index contributed by atoms with van der Waals surface area (Å²) in [6, 6.07) is 13.4. The predicted molar refractivity (Wildman–Crippen MR) is 108 cm³/mol. The van der Waals surface area contributed by atoms with E-state index in [0.29, 0.717) is 11.5 Å². The number of carbonyl (C=O) groups is 1. The molecule has 6 nitrogen and oxygen atoms in total. The molecule has 0 saturated carbocycles. The van der Waals surface area contributed by atoms with Crippen molar-refractivity contribution in [2.24, 2.45) is 0 Å². The van der Waals surface area contributed by atoms with E-state index in [1.807, 2.05) is 25.1 Å². The first-order valence-corrected chi connectivity index (χ1v) is 9.16. The Bertz CT molecular complexity index is 786. The number of amides is 1. The number of hydrogen-bond donors (Lipinski definition) is 1. The van der Waals surface area contributed by atoms with Gasteiger partial charge >= 0.3 is 0 Å². The van der Waals surface area contributed by atoms with Crippen molar-refractivity contribution in [1.82, 2.24) is 4.90 Å². The number of aryl methyl sites for hydroxylation is 1. The summed E-state index contributed by atoms with van der Waals surface area (Å²) in [5, 5.41) is 2.92. The average molecular weight is 369 g/mol. The molecule has 27 heavy (non-hydrogen) atoms. The van der Waals surface area contributed by atoms with Gasteiger partial charge in [0.15, 0.2) is 18.1 Å². The zero-order valence-corrected chi connectivity index (χ0v) is 16.2. The minimum atomic E-state index is -0.198. The third kappa shape index (κ3) is 4.92. The maximum absolute atomic E-state index is 12.3. The quantitative estimate of drug-likeness (QED) is 0.849. The summed E-state index contributed by atoms with van der Waals surface area (Å²) >= 11 is 0. The molecular formula is C21H27N3O3. The maximum Gasteiger partial charge on any atom is 0.262 e. The third-order valence-corrected chi connectivity index (χ3v) is 4.78. The molecule has 0 atom stereocenters. The topological polar surface area (TPSA) is 54.0 Å². The number of methoxy groups -OCH3 is 1. The van der Waals surface area contributed by atoms with Crippen molar-refractivity contribution in [2.75, 3.05) is 57.2 Å². The van der Waals surface area contributed by atoms with Crippen molar-refractivity contribution < 1.29 is 14.3 Å². The van der Waals surface area contributed by atoms with Crippen LogP contribution in [-0.2, 0) is 4.79 Å². The minimum absolute atomic E-state index is 0.0694. The molecule has 1 aliphatic heterocycles. The molecule has 0 bridgehead atoms. The number of nitrogens with one attached hydrogen (secondary N) is 1. The Morgan fingerprint density at radius 3 is 2.44 bits per heavy atom. The van der Waals surface area contributed by atoms with Crippen LogP contribution in [0, 0.1) is 6.92 Å². The fourth-order valence-electron chi connectivity index (χ4n) is 3.12. The first-order valence-electron chi connectivity index (χ1n) is 9.16. The second-order valence-corrected chi connectivity index (χ2v) is 6.78. The lowest BCUT2D eigenvalue weighted by molar-refractivity contribution is -0.118. The lowest BCUT2D eigenvalue weighted by Crippen LogP contribution is -2.44. The number of anilines is 2. The zero-order chi connectivity index (χ0) is 19.2. The fraction of sp³-hybridized carbons (Fsp3) is 0.381. The van der Waals surface area contributed by atoms with Crippen LogP contribution in [0.5, 0.6) is 11.5 Å². The minimum Gasteiger partial charge on any atom is -0.493 e. The number of hydrogen-bond acceptors (Lipinski definition) is 5. The van der Waals surface area contributed by atoms with Gasteiger partial charge in [0, 0.05) is 37.6 Å². The van der Waals surface area contributed by atoms with Gasteiger partial charge in [-0.1, -0.05) is 12.1 Å². The lowest BCUT2D eigenvalue weighted by atomic mass is 10.1. The molecular weight excluding hydrogens is 342 g/mol. The van der Waals surface area contributed by atoms with Gasteiger partial charge in [-0.3, -0.25) is 4.79 Å². The monoisotopic (exact) mass is 369 g/mol. The van der Waals surface area contributed by atoms with Crippen molar-refractivity contribution in [1.29, 1.82) is 0 Å². The Balaban J connectivity index is 1.57. The molecule has 1 heterocycles. The van der Waals surface area contributed by atoms with Gasteiger partial charge in [0.05, 0.1) is 7.11 Å². The highest BCUT2D eigenvalue weighted by Crippen LogP contribution is 2.26. The molecule has 1 aliphatic rings. The zero-order valence-electron chi connectivity index (χ0n) is 16.2. The second kappa shape index (κ2) is 8.77. The van der Waals surface area contributed by atoms with Crippen LogP contribution in [-0.4, -0.2) is 57.8 Å². The molecule has 2 aromatic carbocycles. The predicted octanol–water partition coefficient (Wildman–Crippen LogP) is 2.77. The molecule has 0 unspecified atom stereocenters.